The van der Waals surface area contributed by atoms with Crippen LogP contribution in [-0.4, -0.2) is 75.3 Å². The monoisotopic (exact) mass is 260 g/mol. The molecule has 0 aliphatic carbocycles. The van der Waals surface area contributed by atoms with E-state index in [1.165, 1.54) is 12.8 Å². The largest absolute Gasteiger partial charge is 0.389 e. The fourth-order valence-corrected chi connectivity index (χ4v) is 2.30. The van der Waals surface area contributed by atoms with Gasteiger partial charge in [-0.3, -0.25) is 4.90 Å². The Balaban J connectivity index is 2.15. The molecule has 1 saturated heterocycles. The lowest BCUT2D eigenvalue weighted by Crippen LogP contribution is -2.47. The van der Waals surface area contributed by atoms with Gasteiger partial charge in [0.2, 0.25) is 0 Å². The van der Waals surface area contributed by atoms with Crippen LogP contribution in [0.3, 0.4) is 0 Å². The Labute approximate surface area is 110 Å². The molecule has 5 heteroatoms. The Hall–Kier alpha value is -0.200. The number of hydrogen-bond donors (Lipinski definition) is 2. The van der Waals surface area contributed by atoms with Gasteiger partial charge in [-0.25, -0.2) is 0 Å². The van der Waals surface area contributed by atoms with Gasteiger partial charge in [0.15, 0.2) is 0 Å². The number of aliphatic hydroxyl groups excluding tert-OH is 1. The summed E-state index contributed by atoms with van der Waals surface area (Å²) in [6.07, 6.45) is 2.02. The van der Waals surface area contributed by atoms with Crippen molar-refractivity contribution in [3.8, 4) is 0 Å². The predicted molar refractivity (Wildman–Crippen MR) is 71.8 cm³/mol. The highest BCUT2D eigenvalue weighted by molar-refractivity contribution is 4.77. The minimum atomic E-state index is -0.434. The number of rotatable bonds is 8. The minimum Gasteiger partial charge on any atom is -0.389 e. The van der Waals surface area contributed by atoms with Gasteiger partial charge in [-0.15, -0.1) is 0 Å². The molecule has 0 amide bonds. The molecule has 1 fully saturated rings. The maximum atomic E-state index is 9.94. The van der Waals surface area contributed by atoms with Gasteiger partial charge in [-0.1, -0.05) is 0 Å². The molecule has 0 radical (unpaired) electrons. The van der Waals surface area contributed by atoms with E-state index in [2.05, 4.69) is 17.3 Å². The topological polar surface area (TPSA) is 54.0 Å². The number of hydrogen-bond acceptors (Lipinski definition) is 5. The Morgan fingerprint density at radius 3 is 2.83 bits per heavy atom. The zero-order valence-electron chi connectivity index (χ0n) is 11.9. The third-order valence-electron chi connectivity index (χ3n) is 3.37. The first-order valence-corrected chi connectivity index (χ1v) is 6.83. The van der Waals surface area contributed by atoms with Crippen molar-refractivity contribution in [3.63, 3.8) is 0 Å². The van der Waals surface area contributed by atoms with E-state index in [0.717, 1.165) is 13.1 Å². The molecule has 1 aliphatic heterocycles. The van der Waals surface area contributed by atoms with E-state index in [0.29, 0.717) is 25.8 Å². The molecule has 0 saturated carbocycles. The van der Waals surface area contributed by atoms with Crippen molar-refractivity contribution >= 4 is 0 Å². The average Bonchev–Trinajstić information content (AvgIpc) is 2.38. The molecule has 0 bridgehead atoms. The molecule has 5 nitrogen and oxygen atoms in total. The number of nitrogens with zero attached hydrogens (tertiary/aromatic N) is 1. The Morgan fingerprint density at radius 2 is 2.22 bits per heavy atom. The van der Waals surface area contributed by atoms with E-state index in [1.54, 1.807) is 7.11 Å². The number of nitrogens with one attached hydrogen (secondary N) is 1. The molecule has 3 unspecified atom stereocenters. The van der Waals surface area contributed by atoms with E-state index in [-0.39, 0.29) is 6.10 Å². The zero-order chi connectivity index (χ0) is 13.4. The molecule has 1 rings (SSSR count). The summed E-state index contributed by atoms with van der Waals surface area (Å²) >= 11 is 0. The van der Waals surface area contributed by atoms with Gasteiger partial charge >= 0.3 is 0 Å². The summed E-state index contributed by atoms with van der Waals surface area (Å²) in [7, 11) is 3.72. The van der Waals surface area contributed by atoms with Crippen molar-refractivity contribution < 1.29 is 14.6 Å². The van der Waals surface area contributed by atoms with Crippen LogP contribution < -0.4 is 5.32 Å². The zero-order valence-corrected chi connectivity index (χ0v) is 11.9. The minimum absolute atomic E-state index is 0.0336. The van der Waals surface area contributed by atoms with Crippen molar-refractivity contribution in [1.29, 1.82) is 0 Å². The normalized spacial score (nSPS) is 24.2. The summed E-state index contributed by atoms with van der Waals surface area (Å²) in [4.78, 5) is 2.22. The van der Waals surface area contributed by atoms with Gasteiger partial charge in [-0.05, 0) is 33.4 Å². The quantitative estimate of drug-likeness (QED) is 0.647. The van der Waals surface area contributed by atoms with Crippen LogP contribution in [0.15, 0.2) is 0 Å². The van der Waals surface area contributed by atoms with Crippen molar-refractivity contribution in [1.82, 2.24) is 10.2 Å². The van der Waals surface area contributed by atoms with Crippen LogP contribution in [0.2, 0.25) is 0 Å². The lowest BCUT2D eigenvalue weighted by molar-refractivity contribution is -0.0411. The van der Waals surface area contributed by atoms with Crippen LogP contribution in [0.5, 0.6) is 0 Å². The number of piperidine rings is 1. The molecule has 3 atom stereocenters. The van der Waals surface area contributed by atoms with Crippen LogP contribution in [0.1, 0.15) is 19.8 Å². The Bertz CT molecular complexity index is 210. The third-order valence-corrected chi connectivity index (χ3v) is 3.37. The second-order valence-electron chi connectivity index (χ2n) is 5.19. The van der Waals surface area contributed by atoms with Crippen LogP contribution in [0.4, 0.5) is 0 Å². The van der Waals surface area contributed by atoms with Crippen LogP contribution >= 0.6 is 0 Å². The van der Waals surface area contributed by atoms with Crippen molar-refractivity contribution in [3.05, 3.63) is 0 Å². The van der Waals surface area contributed by atoms with Crippen molar-refractivity contribution in [2.75, 3.05) is 47.0 Å². The van der Waals surface area contributed by atoms with Crippen LogP contribution in [-0.2, 0) is 9.47 Å². The fourth-order valence-electron chi connectivity index (χ4n) is 2.30. The standard InChI is InChI=1S/C13H28N2O3/c1-11(9-17-3)18-10-13(16)8-15(2)12-5-4-6-14-7-12/h11-14,16H,4-10H2,1-3H3. The summed E-state index contributed by atoms with van der Waals surface area (Å²) in [6.45, 7) is 5.68. The molecule has 0 spiro atoms. The number of methoxy groups -OCH3 is 1. The first-order chi connectivity index (χ1) is 8.63. The highest BCUT2D eigenvalue weighted by atomic mass is 16.5. The lowest BCUT2D eigenvalue weighted by atomic mass is 10.1. The molecular weight excluding hydrogens is 232 g/mol. The molecule has 0 aromatic carbocycles. The summed E-state index contributed by atoms with van der Waals surface area (Å²) in [6, 6.07) is 0.532. The third kappa shape index (κ3) is 6.11. The molecule has 1 heterocycles. The molecule has 2 N–H and O–H groups in total. The van der Waals surface area contributed by atoms with Crippen molar-refractivity contribution in [2.24, 2.45) is 0 Å². The highest BCUT2D eigenvalue weighted by Gasteiger charge is 2.20. The van der Waals surface area contributed by atoms with E-state index in [4.69, 9.17) is 9.47 Å². The van der Waals surface area contributed by atoms with Gasteiger partial charge < -0.3 is 19.9 Å². The van der Waals surface area contributed by atoms with Crippen LogP contribution in [0.25, 0.3) is 0 Å². The number of ether oxygens (including phenoxy) is 2. The first-order valence-electron chi connectivity index (χ1n) is 6.83. The lowest BCUT2D eigenvalue weighted by Gasteiger charge is -2.33. The van der Waals surface area contributed by atoms with E-state index in [1.807, 2.05) is 6.92 Å². The molecule has 108 valence electrons. The summed E-state index contributed by atoms with van der Waals surface area (Å²) < 4.78 is 10.5. The predicted octanol–water partition coefficient (Wildman–Crippen LogP) is 0.0826. The fraction of sp³-hybridized carbons (Fsp3) is 1.00. The highest BCUT2D eigenvalue weighted by Crippen LogP contribution is 2.09. The Kier molecular flexibility index (Phi) is 7.77. The van der Waals surface area contributed by atoms with E-state index >= 15 is 0 Å². The van der Waals surface area contributed by atoms with Gasteiger partial charge in [-0.2, -0.15) is 0 Å². The summed E-state index contributed by atoms with van der Waals surface area (Å²) in [5.41, 5.74) is 0. The second kappa shape index (κ2) is 8.82. The van der Waals surface area contributed by atoms with E-state index < -0.39 is 6.10 Å². The molecule has 0 aromatic heterocycles. The van der Waals surface area contributed by atoms with Gasteiger partial charge in [0, 0.05) is 26.2 Å². The van der Waals surface area contributed by atoms with Crippen LogP contribution in [0, 0.1) is 0 Å². The van der Waals surface area contributed by atoms with Gasteiger partial charge in [0.05, 0.1) is 25.4 Å². The molecule has 0 aromatic rings. The van der Waals surface area contributed by atoms with E-state index in [9.17, 15) is 5.11 Å². The average molecular weight is 260 g/mol. The van der Waals surface area contributed by atoms with Gasteiger partial charge in [0.25, 0.3) is 0 Å². The van der Waals surface area contributed by atoms with Crippen molar-refractivity contribution in [2.45, 2.75) is 38.0 Å². The first kappa shape index (κ1) is 15.9. The number of likely N-dealkylation sites (N-methyl/N-ethyl adjacent to an activating group) is 1. The molecular formula is C13H28N2O3. The Morgan fingerprint density at radius 1 is 1.44 bits per heavy atom. The molecule has 1 aliphatic rings. The second-order valence-corrected chi connectivity index (χ2v) is 5.19. The number of aliphatic hydroxyl groups is 1. The maximum Gasteiger partial charge on any atom is 0.0900 e. The molecule has 18 heavy (non-hydrogen) atoms. The smallest absolute Gasteiger partial charge is 0.0900 e. The summed E-state index contributed by atoms with van der Waals surface area (Å²) in [5, 5.41) is 13.3. The maximum absolute atomic E-state index is 9.94. The van der Waals surface area contributed by atoms with Gasteiger partial charge in [0.1, 0.15) is 0 Å². The SMILES string of the molecule is COCC(C)OCC(O)CN(C)C1CCCNC1. The summed E-state index contributed by atoms with van der Waals surface area (Å²) in [5.74, 6) is 0.